The first-order valence-electron chi connectivity index (χ1n) is 9.13. The van der Waals surface area contributed by atoms with Crippen molar-refractivity contribution in [2.75, 3.05) is 32.8 Å². The summed E-state index contributed by atoms with van der Waals surface area (Å²) < 4.78 is 11.2. The third-order valence-corrected chi connectivity index (χ3v) is 4.64. The Morgan fingerprint density at radius 1 is 1.28 bits per heavy atom. The summed E-state index contributed by atoms with van der Waals surface area (Å²) in [4.78, 5) is 25.5. The Labute approximate surface area is 148 Å². The highest BCUT2D eigenvalue weighted by atomic mass is 16.5. The van der Waals surface area contributed by atoms with Gasteiger partial charge in [-0.2, -0.15) is 0 Å². The third kappa shape index (κ3) is 5.19. The lowest BCUT2D eigenvalue weighted by atomic mass is 10.2. The predicted molar refractivity (Wildman–Crippen MR) is 93.7 cm³/mol. The van der Waals surface area contributed by atoms with Crippen LogP contribution in [-0.4, -0.2) is 55.7 Å². The van der Waals surface area contributed by atoms with Gasteiger partial charge in [-0.25, -0.2) is 0 Å². The molecule has 2 fully saturated rings. The van der Waals surface area contributed by atoms with E-state index in [4.69, 9.17) is 9.47 Å². The largest absolute Gasteiger partial charge is 0.491 e. The fourth-order valence-electron chi connectivity index (χ4n) is 3.18. The lowest BCUT2D eigenvalue weighted by Crippen LogP contribution is -2.30. The molecule has 0 spiro atoms. The van der Waals surface area contributed by atoms with Crippen LogP contribution in [0, 0.1) is 0 Å². The molecular weight excluding hydrogens is 320 g/mol. The van der Waals surface area contributed by atoms with Crippen molar-refractivity contribution in [3.63, 3.8) is 0 Å². The summed E-state index contributed by atoms with van der Waals surface area (Å²) >= 11 is 0. The van der Waals surface area contributed by atoms with Gasteiger partial charge in [-0.05, 0) is 49.9 Å². The van der Waals surface area contributed by atoms with Crippen LogP contribution in [0.1, 0.15) is 42.5 Å². The first-order chi connectivity index (χ1) is 12.2. The highest BCUT2D eigenvalue weighted by Crippen LogP contribution is 2.16. The van der Waals surface area contributed by atoms with Crippen LogP contribution in [-0.2, 0) is 9.53 Å². The molecule has 2 aliphatic heterocycles. The van der Waals surface area contributed by atoms with E-state index in [1.54, 1.807) is 12.1 Å². The maximum absolute atomic E-state index is 12.1. The van der Waals surface area contributed by atoms with Gasteiger partial charge in [-0.1, -0.05) is 0 Å². The van der Waals surface area contributed by atoms with Crippen molar-refractivity contribution < 1.29 is 19.1 Å². The first kappa shape index (κ1) is 17.7. The molecule has 1 aromatic rings. The molecule has 25 heavy (non-hydrogen) atoms. The number of carbonyl (C=O) groups excluding carboxylic acids is 2. The standard InChI is InChI=1S/C19H26N2O4/c22-18-5-1-11-21(18)12-3-10-20-19(23)15-6-8-16(9-7-15)25-14-17-4-2-13-24-17/h6-9,17H,1-5,10-14H2,(H,20,23). The SMILES string of the molecule is O=C(NCCCN1CCCC1=O)c1ccc(OCC2CCCO2)cc1. The number of hydrogen-bond donors (Lipinski definition) is 1. The van der Waals surface area contributed by atoms with E-state index in [0.29, 0.717) is 25.1 Å². The van der Waals surface area contributed by atoms with Gasteiger partial charge in [0, 0.05) is 38.2 Å². The molecule has 2 heterocycles. The number of rotatable bonds is 8. The predicted octanol–water partition coefficient (Wildman–Crippen LogP) is 1.99. The lowest BCUT2D eigenvalue weighted by Gasteiger charge is -2.15. The molecule has 0 radical (unpaired) electrons. The van der Waals surface area contributed by atoms with Crippen molar-refractivity contribution in [2.24, 2.45) is 0 Å². The van der Waals surface area contributed by atoms with Gasteiger partial charge in [0.2, 0.25) is 5.91 Å². The van der Waals surface area contributed by atoms with Gasteiger partial charge in [0.1, 0.15) is 12.4 Å². The second-order valence-corrected chi connectivity index (χ2v) is 6.56. The summed E-state index contributed by atoms with van der Waals surface area (Å²) in [5.41, 5.74) is 0.613. The fourth-order valence-corrected chi connectivity index (χ4v) is 3.18. The number of nitrogens with zero attached hydrogens (tertiary/aromatic N) is 1. The Hall–Kier alpha value is -2.08. The number of benzene rings is 1. The Morgan fingerprint density at radius 3 is 2.80 bits per heavy atom. The number of ether oxygens (including phenoxy) is 2. The van der Waals surface area contributed by atoms with Crippen LogP contribution < -0.4 is 10.1 Å². The van der Waals surface area contributed by atoms with Crippen molar-refractivity contribution in [2.45, 2.75) is 38.2 Å². The van der Waals surface area contributed by atoms with Gasteiger partial charge in [0.15, 0.2) is 0 Å². The van der Waals surface area contributed by atoms with Crippen molar-refractivity contribution in [3.05, 3.63) is 29.8 Å². The Bertz CT molecular complexity index is 582. The fraction of sp³-hybridized carbons (Fsp3) is 0.579. The number of hydrogen-bond acceptors (Lipinski definition) is 4. The summed E-state index contributed by atoms with van der Waals surface area (Å²) in [5, 5.41) is 2.90. The molecule has 136 valence electrons. The summed E-state index contributed by atoms with van der Waals surface area (Å²) in [6.45, 7) is 3.51. The zero-order valence-corrected chi connectivity index (χ0v) is 14.5. The van der Waals surface area contributed by atoms with E-state index in [-0.39, 0.29) is 17.9 Å². The molecule has 2 saturated heterocycles. The van der Waals surface area contributed by atoms with Crippen molar-refractivity contribution in [1.82, 2.24) is 10.2 Å². The normalized spacial score (nSPS) is 20.1. The molecule has 3 rings (SSSR count). The molecule has 6 nitrogen and oxygen atoms in total. The minimum absolute atomic E-state index is 0.0987. The highest BCUT2D eigenvalue weighted by Gasteiger charge is 2.19. The van der Waals surface area contributed by atoms with Gasteiger partial charge in [-0.15, -0.1) is 0 Å². The van der Waals surface area contributed by atoms with Crippen molar-refractivity contribution >= 4 is 11.8 Å². The van der Waals surface area contributed by atoms with Crippen LogP contribution in [0.25, 0.3) is 0 Å². The second-order valence-electron chi connectivity index (χ2n) is 6.56. The molecule has 0 bridgehead atoms. The van der Waals surface area contributed by atoms with Gasteiger partial charge in [0.05, 0.1) is 6.10 Å². The highest BCUT2D eigenvalue weighted by molar-refractivity contribution is 5.94. The molecule has 1 N–H and O–H groups in total. The molecule has 6 heteroatoms. The quantitative estimate of drug-likeness (QED) is 0.731. The minimum Gasteiger partial charge on any atom is -0.491 e. The smallest absolute Gasteiger partial charge is 0.251 e. The molecule has 2 aliphatic rings. The average Bonchev–Trinajstić information content (AvgIpc) is 3.29. The number of carbonyl (C=O) groups is 2. The van der Waals surface area contributed by atoms with E-state index in [1.165, 1.54) is 0 Å². The van der Waals surface area contributed by atoms with Crippen LogP contribution in [0.5, 0.6) is 5.75 Å². The lowest BCUT2D eigenvalue weighted by molar-refractivity contribution is -0.127. The monoisotopic (exact) mass is 346 g/mol. The molecule has 1 aromatic carbocycles. The topological polar surface area (TPSA) is 67.9 Å². The molecule has 1 unspecified atom stereocenters. The van der Waals surface area contributed by atoms with Crippen LogP contribution in [0.3, 0.4) is 0 Å². The maximum Gasteiger partial charge on any atom is 0.251 e. The van der Waals surface area contributed by atoms with Crippen LogP contribution in [0.4, 0.5) is 0 Å². The van der Waals surface area contributed by atoms with Gasteiger partial charge in [0.25, 0.3) is 5.91 Å². The average molecular weight is 346 g/mol. The summed E-state index contributed by atoms with van der Waals surface area (Å²) in [6, 6.07) is 7.16. The Kier molecular flexibility index (Phi) is 6.28. The molecule has 0 aliphatic carbocycles. The summed E-state index contributed by atoms with van der Waals surface area (Å²) in [5.74, 6) is 0.878. The van der Waals surface area contributed by atoms with Crippen molar-refractivity contribution in [1.29, 1.82) is 0 Å². The summed E-state index contributed by atoms with van der Waals surface area (Å²) in [7, 11) is 0. The number of likely N-dealkylation sites (tertiary alicyclic amines) is 1. The van der Waals surface area contributed by atoms with Gasteiger partial charge < -0.3 is 19.7 Å². The second kappa shape index (κ2) is 8.85. The first-order valence-corrected chi connectivity index (χ1v) is 9.13. The molecule has 2 amide bonds. The van der Waals surface area contributed by atoms with E-state index in [2.05, 4.69) is 5.32 Å². The van der Waals surface area contributed by atoms with Crippen LogP contribution in [0.15, 0.2) is 24.3 Å². The van der Waals surface area contributed by atoms with Crippen LogP contribution >= 0.6 is 0 Å². The third-order valence-electron chi connectivity index (χ3n) is 4.64. The van der Waals surface area contributed by atoms with Gasteiger partial charge >= 0.3 is 0 Å². The zero-order chi connectivity index (χ0) is 17.5. The molecule has 0 saturated carbocycles. The van der Waals surface area contributed by atoms with E-state index in [9.17, 15) is 9.59 Å². The minimum atomic E-state index is -0.0987. The summed E-state index contributed by atoms with van der Waals surface area (Å²) in [6.07, 6.45) is 4.72. The molecule has 1 atom stereocenters. The van der Waals surface area contributed by atoms with E-state index in [0.717, 1.165) is 51.1 Å². The zero-order valence-electron chi connectivity index (χ0n) is 14.5. The Morgan fingerprint density at radius 2 is 2.12 bits per heavy atom. The van der Waals surface area contributed by atoms with Gasteiger partial charge in [-0.3, -0.25) is 9.59 Å². The molecular formula is C19H26N2O4. The van der Waals surface area contributed by atoms with E-state index in [1.807, 2.05) is 17.0 Å². The van der Waals surface area contributed by atoms with Crippen LogP contribution in [0.2, 0.25) is 0 Å². The van der Waals surface area contributed by atoms with E-state index < -0.39 is 0 Å². The van der Waals surface area contributed by atoms with E-state index >= 15 is 0 Å². The number of nitrogens with one attached hydrogen (secondary N) is 1. The molecule has 0 aromatic heterocycles. The maximum atomic E-state index is 12.1. The number of amides is 2. The Balaban J connectivity index is 1.36. The van der Waals surface area contributed by atoms with Crippen molar-refractivity contribution in [3.8, 4) is 5.75 Å².